The molecule has 3 atom stereocenters. The molecule has 1 aromatic carbocycles. The van der Waals surface area contributed by atoms with Crippen LogP contribution in [0.5, 0.6) is 0 Å². The van der Waals surface area contributed by atoms with Crippen LogP contribution in [0.4, 0.5) is 0 Å². The molecule has 3 heterocycles. The number of para-hydroxylation sites is 1. The van der Waals surface area contributed by atoms with Gasteiger partial charge in [-0.3, -0.25) is 0 Å². The van der Waals surface area contributed by atoms with E-state index in [-0.39, 0.29) is 11.3 Å². The molecule has 3 heteroatoms. The number of nitrogens with zero attached hydrogens (tertiary/aromatic N) is 2. The summed E-state index contributed by atoms with van der Waals surface area (Å²) >= 11 is 0. The Hall–Kier alpha value is -1.92. The third-order valence-corrected chi connectivity index (χ3v) is 6.27. The van der Waals surface area contributed by atoms with Crippen molar-refractivity contribution in [2.45, 2.75) is 39.5 Å². The van der Waals surface area contributed by atoms with E-state index in [1.807, 2.05) is 0 Å². The van der Waals surface area contributed by atoms with Gasteiger partial charge in [0.2, 0.25) is 0 Å². The van der Waals surface area contributed by atoms with Gasteiger partial charge < -0.3 is 4.90 Å². The minimum atomic E-state index is -0.00508. The van der Waals surface area contributed by atoms with Crippen LogP contribution in [0.15, 0.2) is 40.7 Å². The number of quaternary nitrogens is 1. The molecular weight excluding hydrogens is 282 g/mol. The van der Waals surface area contributed by atoms with Gasteiger partial charge in [-0.2, -0.15) is 5.26 Å². The second kappa shape index (κ2) is 5.32. The van der Waals surface area contributed by atoms with E-state index in [1.165, 1.54) is 35.2 Å². The van der Waals surface area contributed by atoms with Crippen LogP contribution in [0.1, 0.15) is 39.5 Å². The fourth-order valence-corrected chi connectivity index (χ4v) is 4.97. The summed E-state index contributed by atoms with van der Waals surface area (Å²) in [6.07, 6.45) is 4.48. The van der Waals surface area contributed by atoms with E-state index in [1.54, 1.807) is 4.90 Å². The van der Waals surface area contributed by atoms with Crippen molar-refractivity contribution < 1.29 is 4.90 Å². The zero-order valence-corrected chi connectivity index (χ0v) is 14.0. The van der Waals surface area contributed by atoms with Crippen molar-refractivity contribution in [2.24, 2.45) is 16.3 Å². The number of hydrogen-bond acceptors (Lipinski definition) is 2. The van der Waals surface area contributed by atoms with Gasteiger partial charge >= 0.3 is 0 Å². The van der Waals surface area contributed by atoms with Gasteiger partial charge in [0, 0.05) is 11.6 Å². The summed E-state index contributed by atoms with van der Waals surface area (Å²) in [5, 5.41) is 12.1. The first-order valence-corrected chi connectivity index (χ1v) is 8.88. The van der Waals surface area contributed by atoms with Crippen LogP contribution < -0.4 is 15.5 Å². The Bertz CT molecular complexity index is 842. The van der Waals surface area contributed by atoms with Crippen molar-refractivity contribution in [2.75, 3.05) is 13.1 Å². The highest BCUT2D eigenvalue weighted by Gasteiger charge is 2.50. The highest BCUT2D eigenvalue weighted by Crippen LogP contribution is 2.46. The van der Waals surface area contributed by atoms with Gasteiger partial charge in [0.1, 0.15) is 11.4 Å². The largest absolute Gasteiger partial charge is 0.303 e. The molecule has 0 amide bonds. The van der Waals surface area contributed by atoms with Crippen LogP contribution >= 0.6 is 0 Å². The third kappa shape index (κ3) is 1.95. The molecule has 1 fully saturated rings. The maximum absolute atomic E-state index is 9.67. The Labute approximate surface area is 137 Å². The number of fused-ring (bicyclic) bond motifs is 3. The van der Waals surface area contributed by atoms with Crippen LogP contribution in [-0.2, 0) is 0 Å². The Morgan fingerprint density at radius 2 is 2.17 bits per heavy atom. The smallest absolute Gasteiger partial charge is 0.141 e. The molecular formula is C20H24N3+. The lowest BCUT2D eigenvalue weighted by atomic mass is 9.65. The van der Waals surface area contributed by atoms with E-state index in [0.717, 1.165) is 31.2 Å². The number of hydrogen-bond donors (Lipinski definition) is 1. The molecule has 0 bridgehead atoms. The normalized spacial score (nSPS) is 30.0. The van der Waals surface area contributed by atoms with Crippen LogP contribution in [0, 0.1) is 22.7 Å². The first-order chi connectivity index (χ1) is 11.2. The summed E-state index contributed by atoms with van der Waals surface area (Å²) < 4.78 is 0. The zero-order chi connectivity index (χ0) is 16.0. The summed E-state index contributed by atoms with van der Waals surface area (Å²) in [7, 11) is 0. The SMILES string of the molecule is CCC1(C(C)C#N)CCC[NH+]2CCC3=c4ccccc4=NC3=C21. The summed E-state index contributed by atoms with van der Waals surface area (Å²) in [5.74, 6) is 0.0450. The van der Waals surface area contributed by atoms with Gasteiger partial charge in [-0.05, 0) is 37.8 Å². The lowest BCUT2D eigenvalue weighted by molar-refractivity contribution is -0.874. The van der Waals surface area contributed by atoms with Crippen molar-refractivity contribution in [3.63, 3.8) is 0 Å². The molecule has 0 saturated carbocycles. The Morgan fingerprint density at radius 3 is 2.96 bits per heavy atom. The topological polar surface area (TPSA) is 40.6 Å². The van der Waals surface area contributed by atoms with Crippen molar-refractivity contribution in [3.05, 3.63) is 46.2 Å². The summed E-state index contributed by atoms with van der Waals surface area (Å²) in [6, 6.07) is 11.1. The molecule has 3 aliphatic heterocycles. The van der Waals surface area contributed by atoms with E-state index in [2.05, 4.69) is 44.2 Å². The Kier molecular flexibility index (Phi) is 3.39. The van der Waals surface area contributed by atoms with Crippen molar-refractivity contribution in [1.82, 2.24) is 0 Å². The van der Waals surface area contributed by atoms with Gasteiger partial charge in [0.15, 0.2) is 0 Å². The quantitative estimate of drug-likeness (QED) is 0.879. The van der Waals surface area contributed by atoms with E-state index in [0.29, 0.717) is 0 Å². The van der Waals surface area contributed by atoms with Gasteiger partial charge in [-0.1, -0.05) is 25.1 Å². The number of nitriles is 1. The van der Waals surface area contributed by atoms with Gasteiger partial charge in [-0.25, -0.2) is 4.99 Å². The molecule has 0 radical (unpaired) electrons. The third-order valence-electron chi connectivity index (χ3n) is 6.27. The van der Waals surface area contributed by atoms with Gasteiger partial charge in [0.25, 0.3) is 0 Å². The van der Waals surface area contributed by atoms with Crippen molar-refractivity contribution >= 4 is 5.57 Å². The van der Waals surface area contributed by atoms with E-state index in [4.69, 9.17) is 4.99 Å². The Morgan fingerprint density at radius 1 is 1.35 bits per heavy atom. The van der Waals surface area contributed by atoms with Gasteiger partial charge in [-0.15, -0.1) is 0 Å². The zero-order valence-electron chi connectivity index (χ0n) is 14.0. The van der Waals surface area contributed by atoms with Crippen LogP contribution in [0.25, 0.3) is 5.57 Å². The molecule has 3 unspecified atom stereocenters. The predicted octanol–water partition coefficient (Wildman–Crippen LogP) is 1.32. The molecule has 1 N–H and O–H groups in total. The predicted molar refractivity (Wildman–Crippen MR) is 89.7 cm³/mol. The number of allylic oxidation sites excluding steroid dienone is 2. The molecule has 1 aromatic rings. The lowest BCUT2D eigenvalue weighted by Gasteiger charge is -2.45. The number of rotatable bonds is 2. The maximum Gasteiger partial charge on any atom is 0.141 e. The molecule has 0 aliphatic carbocycles. The van der Waals surface area contributed by atoms with Crippen molar-refractivity contribution in [1.29, 1.82) is 5.26 Å². The fraction of sp³-hybridized carbons (Fsp3) is 0.500. The monoisotopic (exact) mass is 306 g/mol. The van der Waals surface area contributed by atoms with Crippen molar-refractivity contribution in [3.8, 4) is 6.07 Å². The second-order valence-corrected chi connectivity index (χ2v) is 7.15. The lowest BCUT2D eigenvalue weighted by Crippen LogP contribution is -3.13. The molecule has 0 spiro atoms. The average Bonchev–Trinajstić information content (AvgIpc) is 2.99. The average molecular weight is 306 g/mol. The summed E-state index contributed by atoms with van der Waals surface area (Å²) in [6.45, 7) is 6.70. The Balaban J connectivity index is 2.01. The minimum absolute atomic E-state index is 0.00508. The number of nitrogens with one attached hydrogen (secondary N) is 1. The minimum Gasteiger partial charge on any atom is -0.303 e. The molecule has 1 saturated heterocycles. The standard InChI is InChI=1S/C20H23N3/c1-3-20(14(2)13-21)10-6-11-23-12-9-16-15-7-4-5-8-17(15)22-18(16)19(20)23/h4-5,7-8,14H,3,6,9-12H2,1-2H3/p+1. The van der Waals surface area contributed by atoms with Crippen LogP contribution in [-0.4, -0.2) is 13.1 Å². The first-order valence-electron chi connectivity index (χ1n) is 8.88. The van der Waals surface area contributed by atoms with E-state index in [9.17, 15) is 5.26 Å². The summed E-state index contributed by atoms with van der Waals surface area (Å²) in [5.41, 5.74) is 4.08. The fourth-order valence-electron chi connectivity index (χ4n) is 4.97. The molecule has 0 aromatic heterocycles. The summed E-state index contributed by atoms with van der Waals surface area (Å²) in [4.78, 5) is 6.61. The molecule has 23 heavy (non-hydrogen) atoms. The van der Waals surface area contributed by atoms with E-state index < -0.39 is 0 Å². The molecule has 4 rings (SSSR count). The van der Waals surface area contributed by atoms with Gasteiger partial charge in [0.05, 0.1) is 35.8 Å². The number of piperidine rings is 1. The molecule has 3 aliphatic rings. The highest BCUT2D eigenvalue weighted by atomic mass is 15.2. The van der Waals surface area contributed by atoms with Crippen LogP contribution in [0.3, 0.4) is 0 Å². The molecule has 118 valence electrons. The first kappa shape index (κ1) is 14.7. The van der Waals surface area contributed by atoms with Crippen LogP contribution in [0.2, 0.25) is 0 Å². The maximum atomic E-state index is 9.67. The second-order valence-electron chi connectivity index (χ2n) is 7.15. The molecule has 3 nitrogen and oxygen atoms in total. The highest BCUT2D eigenvalue weighted by molar-refractivity contribution is 5.68. The van der Waals surface area contributed by atoms with E-state index >= 15 is 0 Å². The number of benzene rings is 1.